The van der Waals surface area contributed by atoms with Gasteiger partial charge in [-0.15, -0.1) is 12.4 Å². The molecule has 0 radical (unpaired) electrons. The molecule has 5 nitrogen and oxygen atoms in total. The maximum atomic E-state index is 12.7. The molecule has 1 N–H and O–H groups in total. The van der Waals surface area contributed by atoms with E-state index in [4.69, 9.17) is 16.0 Å². The summed E-state index contributed by atoms with van der Waals surface area (Å²) in [5, 5.41) is 3.78. The molecule has 0 amide bonds. The monoisotopic (exact) mass is 362 g/mol. The second kappa shape index (κ2) is 7.02. The average Bonchev–Trinajstić information content (AvgIpc) is 3.02. The van der Waals surface area contributed by atoms with E-state index in [1.807, 2.05) is 12.1 Å². The first-order valence-corrected chi connectivity index (χ1v) is 8.42. The zero-order chi connectivity index (χ0) is 14.9. The van der Waals surface area contributed by atoms with Crippen LogP contribution in [-0.4, -0.2) is 32.4 Å². The van der Waals surface area contributed by atoms with Crippen molar-refractivity contribution in [1.82, 2.24) is 9.62 Å². The number of piperazine rings is 1. The van der Waals surface area contributed by atoms with Crippen molar-refractivity contribution in [2.75, 3.05) is 19.6 Å². The van der Waals surface area contributed by atoms with Crippen LogP contribution in [0.15, 0.2) is 52.2 Å². The molecule has 3 rings (SSSR count). The summed E-state index contributed by atoms with van der Waals surface area (Å²) in [5.74, 6) is 0. The Morgan fingerprint density at radius 2 is 2.09 bits per heavy atom. The first-order valence-electron chi connectivity index (χ1n) is 6.60. The third kappa shape index (κ3) is 3.31. The highest BCUT2D eigenvalue weighted by Gasteiger charge is 2.35. The molecule has 1 aliphatic heterocycles. The van der Waals surface area contributed by atoms with Gasteiger partial charge in [-0.05, 0) is 29.8 Å². The van der Waals surface area contributed by atoms with E-state index in [0.29, 0.717) is 24.7 Å². The molecule has 2 heterocycles. The summed E-state index contributed by atoms with van der Waals surface area (Å²) in [4.78, 5) is 0. The van der Waals surface area contributed by atoms with E-state index < -0.39 is 10.0 Å². The van der Waals surface area contributed by atoms with Gasteiger partial charge in [0, 0.05) is 24.7 Å². The fraction of sp³-hybridized carbons (Fsp3) is 0.286. The fourth-order valence-corrected chi connectivity index (χ4v) is 4.22. The molecule has 22 heavy (non-hydrogen) atoms. The van der Waals surface area contributed by atoms with Crippen LogP contribution in [0.25, 0.3) is 0 Å². The SMILES string of the molecule is Cl.O=S(=O)(c1ccco1)N1CCNCC1c1cccc(Cl)c1. The molecule has 0 saturated carbocycles. The lowest BCUT2D eigenvalue weighted by atomic mass is 10.1. The van der Waals surface area contributed by atoms with E-state index in [2.05, 4.69) is 5.32 Å². The van der Waals surface area contributed by atoms with E-state index in [1.165, 1.54) is 16.6 Å². The summed E-state index contributed by atoms with van der Waals surface area (Å²) in [7, 11) is -3.65. The van der Waals surface area contributed by atoms with Crippen LogP contribution < -0.4 is 5.32 Å². The standard InChI is InChI=1S/C14H15ClN2O3S.ClH/c15-12-4-1-3-11(9-12)13-10-16-6-7-17(13)21(18,19)14-5-2-8-20-14;/h1-5,8-9,13,16H,6-7,10H2;1H. The van der Waals surface area contributed by atoms with Gasteiger partial charge in [0.15, 0.2) is 0 Å². The molecular weight excluding hydrogens is 347 g/mol. The van der Waals surface area contributed by atoms with Crippen molar-refractivity contribution in [2.45, 2.75) is 11.1 Å². The predicted molar refractivity (Wildman–Crippen MR) is 86.9 cm³/mol. The lowest BCUT2D eigenvalue weighted by Crippen LogP contribution is -2.48. The summed E-state index contributed by atoms with van der Waals surface area (Å²) in [6, 6.07) is 10.0. The summed E-state index contributed by atoms with van der Waals surface area (Å²) < 4.78 is 31.9. The van der Waals surface area contributed by atoms with Crippen LogP contribution in [0.1, 0.15) is 11.6 Å². The van der Waals surface area contributed by atoms with Crippen LogP contribution in [0.3, 0.4) is 0 Å². The van der Waals surface area contributed by atoms with Gasteiger partial charge in [-0.3, -0.25) is 0 Å². The van der Waals surface area contributed by atoms with Crippen LogP contribution in [-0.2, 0) is 10.0 Å². The summed E-state index contributed by atoms with van der Waals surface area (Å²) in [6.07, 6.45) is 1.36. The summed E-state index contributed by atoms with van der Waals surface area (Å²) in [5.41, 5.74) is 0.866. The smallest absolute Gasteiger partial charge is 0.277 e. The topological polar surface area (TPSA) is 62.6 Å². The van der Waals surface area contributed by atoms with Gasteiger partial charge < -0.3 is 9.73 Å². The normalized spacial score (nSPS) is 19.6. The van der Waals surface area contributed by atoms with E-state index >= 15 is 0 Å². The molecule has 1 fully saturated rings. The zero-order valence-corrected chi connectivity index (χ0v) is 14.0. The van der Waals surface area contributed by atoms with Gasteiger partial charge >= 0.3 is 0 Å². The molecular formula is C14H16Cl2N2O3S. The number of hydrogen-bond acceptors (Lipinski definition) is 4. The second-order valence-corrected chi connectivity index (χ2v) is 7.08. The fourth-order valence-electron chi connectivity index (χ4n) is 2.50. The van der Waals surface area contributed by atoms with Crippen LogP contribution in [0, 0.1) is 0 Å². The van der Waals surface area contributed by atoms with Gasteiger partial charge in [0.1, 0.15) is 0 Å². The Morgan fingerprint density at radius 1 is 1.27 bits per heavy atom. The molecule has 1 unspecified atom stereocenters. The van der Waals surface area contributed by atoms with Crippen LogP contribution in [0.4, 0.5) is 0 Å². The molecule has 1 aliphatic rings. The molecule has 120 valence electrons. The van der Waals surface area contributed by atoms with Crippen molar-refractivity contribution in [3.05, 3.63) is 53.2 Å². The molecule has 0 aliphatic carbocycles. The molecule has 2 aromatic rings. The number of halogens is 2. The van der Waals surface area contributed by atoms with Crippen molar-refractivity contribution in [2.24, 2.45) is 0 Å². The Balaban J connectivity index is 0.00000176. The van der Waals surface area contributed by atoms with Crippen molar-refractivity contribution in [1.29, 1.82) is 0 Å². The molecule has 0 spiro atoms. The van der Waals surface area contributed by atoms with Crippen LogP contribution in [0.5, 0.6) is 0 Å². The number of hydrogen-bond donors (Lipinski definition) is 1. The Labute approximate surface area is 140 Å². The maximum absolute atomic E-state index is 12.7. The largest absolute Gasteiger partial charge is 0.452 e. The first kappa shape index (κ1) is 17.3. The van der Waals surface area contributed by atoms with Gasteiger partial charge in [0.2, 0.25) is 5.09 Å². The van der Waals surface area contributed by atoms with Crippen LogP contribution in [0.2, 0.25) is 5.02 Å². The van der Waals surface area contributed by atoms with E-state index in [9.17, 15) is 8.42 Å². The Hall–Kier alpha value is -1.05. The third-order valence-corrected chi connectivity index (χ3v) is 5.52. The molecule has 1 aromatic carbocycles. The van der Waals surface area contributed by atoms with Gasteiger partial charge in [-0.2, -0.15) is 4.31 Å². The van der Waals surface area contributed by atoms with E-state index in [0.717, 1.165) is 5.56 Å². The third-order valence-electron chi connectivity index (χ3n) is 3.49. The van der Waals surface area contributed by atoms with Crippen molar-refractivity contribution in [3.8, 4) is 0 Å². The molecule has 8 heteroatoms. The number of benzene rings is 1. The lowest BCUT2D eigenvalue weighted by molar-refractivity contribution is 0.264. The van der Waals surface area contributed by atoms with Crippen molar-refractivity contribution in [3.63, 3.8) is 0 Å². The second-order valence-electron chi connectivity index (χ2n) is 4.82. The Bertz CT molecular complexity index is 719. The summed E-state index contributed by atoms with van der Waals surface area (Å²) >= 11 is 6.02. The number of nitrogens with zero attached hydrogens (tertiary/aromatic N) is 1. The minimum Gasteiger partial charge on any atom is -0.452 e. The highest BCUT2D eigenvalue weighted by molar-refractivity contribution is 7.89. The lowest BCUT2D eigenvalue weighted by Gasteiger charge is -2.34. The Kier molecular flexibility index (Phi) is 5.52. The number of sulfonamides is 1. The highest BCUT2D eigenvalue weighted by Crippen LogP contribution is 2.30. The summed E-state index contributed by atoms with van der Waals surface area (Å²) in [6.45, 7) is 1.54. The number of rotatable bonds is 3. The average molecular weight is 363 g/mol. The van der Waals surface area contributed by atoms with E-state index in [1.54, 1.807) is 18.2 Å². The first-order chi connectivity index (χ1) is 10.1. The molecule has 1 aromatic heterocycles. The predicted octanol–water partition coefficient (Wildman–Crippen LogP) is 2.69. The van der Waals surface area contributed by atoms with Gasteiger partial charge in [-0.1, -0.05) is 23.7 Å². The number of furan rings is 1. The van der Waals surface area contributed by atoms with E-state index in [-0.39, 0.29) is 23.5 Å². The van der Waals surface area contributed by atoms with Gasteiger partial charge in [0.25, 0.3) is 10.0 Å². The maximum Gasteiger partial charge on any atom is 0.277 e. The molecule has 1 saturated heterocycles. The number of nitrogens with one attached hydrogen (secondary N) is 1. The molecule has 1 atom stereocenters. The highest BCUT2D eigenvalue weighted by atomic mass is 35.5. The Morgan fingerprint density at radius 3 is 2.77 bits per heavy atom. The zero-order valence-electron chi connectivity index (χ0n) is 11.6. The van der Waals surface area contributed by atoms with Gasteiger partial charge in [0.05, 0.1) is 12.3 Å². The van der Waals surface area contributed by atoms with Gasteiger partial charge in [-0.25, -0.2) is 8.42 Å². The van der Waals surface area contributed by atoms with Crippen LogP contribution >= 0.6 is 24.0 Å². The molecule has 0 bridgehead atoms. The van der Waals surface area contributed by atoms with Crippen molar-refractivity contribution < 1.29 is 12.8 Å². The quantitative estimate of drug-likeness (QED) is 0.911. The minimum absolute atomic E-state index is 0. The minimum atomic E-state index is -3.65. The van der Waals surface area contributed by atoms with Crippen molar-refractivity contribution >= 4 is 34.0 Å².